The summed E-state index contributed by atoms with van der Waals surface area (Å²) in [7, 11) is 0. The van der Waals surface area contributed by atoms with Crippen LogP contribution < -0.4 is 9.64 Å². The van der Waals surface area contributed by atoms with Crippen molar-refractivity contribution in [1.82, 2.24) is 0 Å². The van der Waals surface area contributed by atoms with Crippen LogP contribution in [0.2, 0.25) is 0 Å². The van der Waals surface area contributed by atoms with Crippen molar-refractivity contribution < 1.29 is 9.84 Å². The number of unbranched alkanes of at least 4 members (excludes halogenated alkanes) is 2. The molecule has 1 unspecified atom stereocenters. The quantitative estimate of drug-likeness (QED) is 0.803. The zero-order chi connectivity index (χ0) is 16.1. The second-order valence-corrected chi connectivity index (χ2v) is 6.23. The fourth-order valence-electron chi connectivity index (χ4n) is 3.17. The van der Waals surface area contributed by atoms with Crippen molar-refractivity contribution in [2.45, 2.75) is 38.7 Å². The van der Waals surface area contributed by atoms with E-state index in [0.29, 0.717) is 0 Å². The van der Waals surface area contributed by atoms with E-state index in [1.165, 1.54) is 24.8 Å². The van der Waals surface area contributed by atoms with Gasteiger partial charge in [0.05, 0.1) is 12.2 Å². The van der Waals surface area contributed by atoms with Crippen LogP contribution in [0, 0.1) is 0 Å². The number of phenolic OH excluding ortho intramolecular Hbond substituents is 1. The van der Waals surface area contributed by atoms with E-state index in [-0.39, 0.29) is 11.9 Å². The maximum absolute atomic E-state index is 9.77. The van der Waals surface area contributed by atoms with Gasteiger partial charge < -0.3 is 14.7 Å². The lowest BCUT2D eigenvalue weighted by molar-refractivity contribution is 0.192. The standard InChI is InChI=1S/C20H25NO2/c1-2-3-7-12-21-15-18(13-16-8-5-4-6-9-16)23-20-14-17(22)10-11-19(20)21/h4-6,8-11,14,18,22H,2-3,7,12-13,15H2,1H3. The average molecular weight is 311 g/mol. The van der Waals surface area contributed by atoms with E-state index in [1.54, 1.807) is 12.1 Å². The van der Waals surface area contributed by atoms with Gasteiger partial charge in [-0.25, -0.2) is 0 Å². The van der Waals surface area contributed by atoms with Crippen molar-refractivity contribution in [3.8, 4) is 11.5 Å². The maximum Gasteiger partial charge on any atom is 0.146 e. The van der Waals surface area contributed by atoms with Crippen molar-refractivity contribution >= 4 is 5.69 Å². The number of nitrogens with zero attached hydrogens (tertiary/aromatic N) is 1. The van der Waals surface area contributed by atoms with Crippen LogP contribution in [0.25, 0.3) is 0 Å². The predicted molar refractivity (Wildman–Crippen MR) is 94.4 cm³/mol. The minimum atomic E-state index is 0.119. The first-order valence-corrected chi connectivity index (χ1v) is 8.55. The van der Waals surface area contributed by atoms with E-state index in [0.717, 1.165) is 30.9 Å². The van der Waals surface area contributed by atoms with Crippen molar-refractivity contribution in [3.63, 3.8) is 0 Å². The van der Waals surface area contributed by atoms with E-state index >= 15 is 0 Å². The Bertz CT molecular complexity index is 627. The fourth-order valence-corrected chi connectivity index (χ4v) is 3.17. The van der Waals surface area contributed by atoms with Gasteiger partial charge in [-0.05, 0) is 24.1 Å². The van der Waals surface area contributed by atoms with Crippen LogP contribution in [0.1, 0.15) is 31.7 Å². The molecule has 2 aromatic carbocycles. The fraction of sp³-hybridized carbons (Fsp3) is 0.400. The molecule has 2 aromatic rings. The minimum Gasteiger partial charge on any atom is -0.508 e. The highest BCUT2D eigenvalue weighted by Gasteiger charge is 2.25. The molecule has 23 heavy (non-hydrogen) atoms. The molecule has 0 bridgehead atoms. The zero-order valence-corrected chi connectivity index (χ0v) is 13.7. The first-order valence-electron chi connectivity index (χ1n) is 8.55. The number of hydrogen-bond donors (Lipinski definition) is 1. The lowest BCUT2D eigenvalue weighted by Gasteiger charge is -2.36. The third-order valence-electron chi connectivity index (χ3n) is 4.34. The SMILES string of the molecule is CCCCCN1CC(Cc2ccccc2)Oc2cc(O)ccc21. The van der Waals surface area contributed by atoms with Crippen LogP contribution in [-0.4, -0.2) is 24.3 Å². The molecule has 0 aliphatic carbocycles. The molecule has 0 saturated carbocycles. The Morgan fingerprint density at radius 1 is 1.13 bits per heavy atom. The molecule has 3 heteroatoms. The van der Waals surface area contributed by atoms with Gasteiger partial charge in [0.2, 0.25) is 0 Å². The van der Waals surface area contributed by atoms with E-state index < -0.39 is 0 Å². The minimum absolute atomic E-state index is 0.119. The van der Waals surface area contributed by atoms with Gasteiger partial charge in [0.25, 0.3) is 0 Å². The zero-order valence-electron chi connectivity index (χ0n) is 13.7. The molecule has 122 valence electrons. The number of rotatable bonds is 6. The molecule has 1 aliphatic heterocycles. The highest BCUT2D eigenvalue weighted by molar-refractivity contribution is 5.62. The van der Waals surface area contributed by atoms with Crippen molar-refractivity contribution in [3.05, 3.63) is 54.1 Å². The van der Waals surface area contributed by atoms with Crippen LogP contribution in [0.3, 0.4) is 0 Å². The number of fused-ring (bicyclic) bond motifs is 1. The van der Waals surface area contributed by atoms with Gasteiger partial charge in [0.1, 0.15) is 17.6 Å². The van der Waals surface area contributed by atoms with Gasteiger partial charge in [0.15, 0.2) is 0 Å². The molecule has 1 heterocycles. The van der Waals surface area contributed by atoms with E-state index in [1.807, 2.05) is 12.1 Å². The Morgan fingerprint density at radius 2 is 1.96 bits per heavy atom. The molecule has 0 fully saturated rings. The number of hydrogen-bond acceptors (Lipinski definition) is 3. The number of aromatic hydroxyl groups is 1. The third-order valence-corrected chi connectivity index (χ3v) is 4.34. The summed E-state index contributed by atoms with van der Waals surface area (Å²) >= 11 is 0. The summed E-state index contributed by atoms with van der Waals surface area (Å²) in [4.78, 5) is 2.40. The molecule has 0 radical (unpaired) electrons. The Balaban J connectivity index is 1.76. The Kier molecular flexibility index (Phi) is 5.06. The second-order valence-electron chi connectivity index (χ2n) is 6.23. The van der Waals surface area contributed by atoms with E-state index in [2.05, 4.69) is 36.1 Å². The number of benzene rings is 2. The molecular weight excluding hydrogens is 286 g/mol. The first kappa shape index (κ1) is 15.7. The Labute approximate surface area is 138 Å². The number of phenols is 1. The van der Waals surface area contributed by atoms with Crippen molar-refractivity contribution in [1.29, 1.82) is 0 Å². The van der Waals surface area contributed by atoms with Crippen LogP contribution >= 0.6 is 0 Å². The first-order chi connectivity index (χ1) is 11.3. The molecule has 0 aromatic heterocycles. The molecule has 0 saturated heterocycles. The van der Waals surface area contributed by atoms with Crippen LogP contribution in [-0.2, 0) is 6.42 Å². The number of ether oxygens (including phenoxy) is 1. The highest BCUT2D eigenvalue weighted by atomic mass is 16.5. The van der Waals surface area contributed by atoms with Gasteiger partial charge in [-0.3, -0.25) is 0 Å². The molecule has 1 N–H and O–H groups in total. The predicted octanol–water partition coefficient (Wildman–Crippen LogP) is 4.39. The monoisotopic (exact) mass is 311 g/mol. The molecule has 3 nitrogen and oxygen atoms in total. The molecule has 1 atom stereocenters. The van der Waals surface area contributed by atoms with Gasteiger partial charge in [-0.1, -0.05) is 50.1 Å². The molecular formula is C20H25NO2. The Hall–Kier alpha value is -2.16. The normalized spacial score (nSPS) is 16.7. The van der Waals surface area contributed by atoms with Crippen LogP contribution in [0.15, 0.2) is 48.5 Å². The molecule has 3 rings (SSSR count). The van der Waals surface area contributed by atoms with Gasteiger partial charge in [0, 0.05) is 19.0 Å². The smallest absolute Gasteiger partial charge is 0.146 e. The van der Waals surface area contributed by atoms with Gasteiger partial charge >= 0.3 is 0 Å². The molecule has 0 amide bonds. The maximum atomic E-state index is 9.77. The van der Waals surface area contributed by atoms with E-state index in [4.69, 9.17) is 4.74 Å². The highest BCUT2D eigenvalue weighted by Crippen LogP contribution is 2.36. The summed E-state index contributed by atoms with van der Waals surface area (Å²) in [5.74, 6) is 1.06. The average Bonchev–Trinajstić information content (AvgIpc) is 2.55. The summed E-state index contributed by atoms with van der Waals surface area (Å²) in [6.07, 6.45) is 4.66. The van der Waals surface area contributed by atoms with Crippen molar-refractivity contribution in [2.24, 2.45) is 0 Å². The lowest BCUT2D eigenvalue weighted by atomic mass is 10.0. The summed E-state index contributed by atoms with van der Waals surface area (Å²) in [5.41, 5.74) is 2.39. The van der Waals surface area contributed by atoms with E-state index in [9.17, 15) is 5.11 Å². The Morgan fingerprint density at radius 3 is 2.74 bits per heavy atom. The van der Waals surface area contributed by atoms with Crippen molar-refractivity contribution in [2.75, 3.05) is 18.0 Å². The molecule has 0 spiro atoms. The van der Waals surface area contributed by atoms with Gasteiger partial charge in [-0.15, -0.1) is 0 Å². The van der Waals surface area contributed by atoms with Crippen LogP contribution in [0.5, 0.6) is 11.5 Å². The van der Waals surface area contributed by atoms with Gasteiger partial charge in [-0.2, -0.15) is 0 Å². The third kappa shape index (κ3) is 3.98. The number of anilines is 1. The topological polar surface area (TPSA) is 32.7 Å². The lowest BCUT2D eigenvalue weighted by Crippen LogP contribution is -2.41. The largest absolute Gasteiger partial charge is 0.508 e. The van der Waals surface area contributed by atoms with Crippen LogP contribution in [0.4, 0.5) is 5.69 Å². The molecule has 1 aliphatic rings. The summed E-state index contributed by atoms with van der Waals surface area (Å²) < 4.78 is 6.15. The summed E-state index contributed by atoms with van der Waals surface area (Å²) in [6.45, 7) is 4.17. The second kappa shape index (κ2) is 7.40. The summed E-state index contributed by atoms with van der Waals surface area (Å²) in [5, 5.41) is 9.77. The summed E-state index contributed by atoms with van der Waals surface area (Å²) in [6, 6.07) is 15.9.